The summed E-state index contributed by atoms with van der Waals surface area (Å²) in [5.74, 6) is 0.891. The minimum absolute atomic E-state index is 0.0408. The van der Waals surface area contributed by atoms with Gasteiger partial charge in [0, 0.05) is 24.2 Å². The molecule has 1 aromatic heterocycles. The van der Waals surface area contributed by atoms with Crippen molar-refractivity contribution < 1.29 is 4.79 Å². The number of halogens is 1. The van der Waals surface area contributed by atoms with E-state index in [1.807, 2.05) is 43.3 Å². The molecule has 0 radical (unpaired) electrons. The van der Waals surface area contributed by atoms with Gasteiger partial charge in [-0.05, 0) is 56.0 Å². The van der Waals surface area contributed by atoms with Crippen LogP contribution in [-0.2, 0) is 4.79 Å². The average Bonchev–Trinajstić information content (AvgIpc) is 2.67. The zero-order chi connectivity index (χ0) is 18.4. The Labute approximate surface area is 159 Å². The van der Waals surface area contributed by atoms with E-state index in [0.717, 1.165) is 24.5 Å². The molecule has 0 spiro atoms. The van der Waals surface area contributed by atoms with Crippen LogP contribution in [0, 0.1) is 0 Å². The van der Waals surface area contributed by atoms with Gasteiger partial charge >= 0.3 is 0 Å². The van der Waals surface area contributed by atoms with Crippen molar-refractivity contribution in [1.29, 1.82) is 0 Å². The molecule has 1 saturated heterocycles. The largest absolute Gasteiger partial charge is 0.357 e. The van der Waals surface area contributed by atoms with Gasteiger partial charge in [0.25, 0.3) is 0 Å². The van der Waals surface area contributed by atoms with E-state index in [1.165, 1.54) is 19.3 Å². The van der Waals surface area contributed by atoms with E-state index in [4.69, 9.17) is 11.6 Å². The second-order valence-electron chi connectivity index (χ2n) is 6.66. The number of pyridine rings is 1. The van der Waals surface area contributed by atoms with Crippen molar-refractivity contribution in [3.63, 3.8) is 0 Å². The topological polar surface area (TPSA) is 57.3 Å². The molecule has 1 fully saturated rings. The van der Waals surface area contributed by atoms with Gasteiger partial charge in [-0.3, -0.25) is 4.79 Å². The van der Waals surface area contributed by atoms with Crippen LogP contribution in [-0.4, -0.2) is 30.5 Å². The quantitative estimate of drug-likeness (QED) is 0.804. The number of hydrogen-bond acceptors (Lipinski definition) is 4. The van der Waals surface area contributed by atoms with Crippen LogP contribution in [0.1, 0.15) is 37.8 Å². The summed E-state index contributed by atoms with van der Waals surface area (Å²) in [6, 6.07) is 11.6. The van der Waals surface area contributed by atoms with Crippen LogP contribution in [0.3, 0.4) is 0 Å². The van der Waals surface area contributed by atoms with Crippen molar-refractivity contribution in [1.82, 2.24) is 10.3 Å². The summed E-state index contributed by atoms with van der Waals surface area (Å²) in [4.78, 5) is 18.9. The summed E-state index contributed by atoms with van der Waals surface area (Å²) >= 11 is 6.01. The van der Waals surface area contributed by atoms with Gasteiger partial charge in [-0.15, -0.1) is 0 Å². The number of carbonyl (C=O) groups is 1. The highest BCUT2D eigenvalue weighted by atomic mass is 35.5. The number of nitrogens with one attached hydrogen (secondary N) is 2. The smallest absolute Gasteiger partial charge is 0.238 e. The molecule has 1 aliphatic rings. The summed E-state index contributed by atoms with van der Waals surface area (Å²) in [5.41, 5.74) is 1.77. The number of carbonyl (C=O) groups excluding carboxylic acids is 1. The van der Waals surface area contributed by atoms with Gasteiger partial charge in [0.15, 0.2) is 0 Å². The number of rotatable bonds is 6. The van der Waals surface area contributed by atoms with Gasteiger partial charge in [-0.25, -0.2) is 4.98 Å². The van der Waals surface area contributed by atoms with Gasteiger partial charge in [-0.2, -0.15) is 0 Å². The van der Waals surface area contributed by atoms with Gasteiger partial charge in [-0.1, -0.05) is 23.7 Å². The predicted octanol–water partition coefficient (Wildman–Crippen LogP) is 4.01. The van der Waals surface area contributed by atoms with Crippen molar-refractivity contribution in [2.24, 2.45) is 0 Å². The Morgan fingerprint density at radius 2 is 2.04 bits per heavy atom. The van der Waals surface area contributed by atoms with Crippen molar-refractivity contribution in [3.8, 4) is 0 Å². The number of amides is 1. The number of piperidine rings is 1. The molecule has 2 N–H and O–H groups in total. The Hall–Kier alpha value is -2.11. The predicted molar refractivity (Wildman–Crippen MR) is 107 cm³/mol. The van der Waals surface area contributed by atoms with Crippen LogP contribution in [0.5, 0.6) is 0 Å². The SMILES string of the molecule is CC(NCC(=O)Nc1ccc(N2CCCCC2)nc1)c1cccc(Cl)c1. The molecular weight excluding hydrogens is 348 g/mol. The number of nitrogens with zero attached hydrogens (tertiary/aromatic N) is 2. The fourth-order valence-corrected chi connectivity index (χ4v) is 3.31. The zero-order valence-electron chi connectivity index (χ0n) is 15.0. The third-order valence-electron chi connectivity index (χ3n) is 4.63. The average molecular weight is 373 g/mol. The van der Waals surface area contributed by atoms with Gasteiger partial charge in [0.05, 0.1) is 18.4 Å². The van der Waals surface area contributed by atoms with Gasteiger partial charge < -0.3 is 15.5 Å². The minimum atomic E-state index is -0.0913. The third kappa shape index (κ3) is 5.19. The highest BCUT2D eigenvalue weighted by Crippen LogP contribution is 2.19. The molecule has 0 bridgehead atoms. The normalized spacial score (nSPS) is 15.5. The molecule has 1 aromatic carbocycles. The lowest BCUT2D eigenvalue weighted by atomic mass is 10.1. The van der Waals surface area contributed by atoms with E-state index in [-0.39, 0.29) is 18.5 Å². The lowest BCUT2D eigenvalue weighted by Gasteiger charge is -2.27. The van der Waals surface area contributed by atoms with E-state index in [9.17, 15) is 4.79 Å². The zero-order valence-corrected chi connectivity index (χ0v) is 15.8. The summed E-state index contributed by atoms with van der Waals surface area (Å²) in [6.07, 6.45) is 5.46. The van der Waals surface area contributed by atoms with Gasteiger partial charge in [0.1, 0.15) is 5.82 Å². The maximum atomic E-state index is 12.2. The van der Waals surface area contributed by atoms with Crippen molar-refractivity contribution in [2.45, 2.75) is 32.2 Å². The molecule has 5 nitrogen and oxygen atoms in total. The molecule has 1 amide bonds. The second kappa shape index (κ2) is 9.01. The molecule has 0 saturated carbocycles. The first-order valence-corrected chi connectivity index (χ1v) is 9.49. The lowest BCUT2D eigenvalue weighted by molar-refractivity contribution is -0.115. The third-order valence-corrected chi connectivity index (χ3v) is 4.86. The second-order valence-corrected chi connectivity index (χ2v) is 7.09. The van der Waals surface area contributed by atoms with Crippen molar-refractivity contribution in [3.05, 3.63) is 53.2 Å². The Morgan fingerprint density at radius 1 is 1.23 bits per heavy atom. The Morgan fingerprint density at radius 3 is 2.73 bits per heavy atom. The molecule has 0 aliphatic carbocycles. The standard InChI is InChI=1S/C20H25ClN4O/c1-15(16-6-5-7-17(21)12-16)22-14-20(26)24-18-8-9-19(23-13-18)25-10-3-2-4-11-25/h5-9,12-13,15,22H,2-4,10-11,14H2,1H3,(H,24,26). The summed E-state index contributed by atoms with van der Waals surface area (Å²) < 4.78 is 0. The monoisotopic (exact) mass is 372 g/mol. The van der Waals surface area contributed by atoms with Crippen molar-refractivity contribution >= 4 is 29.0 Å². The number of benzene rings is 1. The van der Waals surface area contributed by atoms with E-state index in [2.05, 4.69) is 20.5 Å². The highest BCUT2D eigenvalue weighted by molar-refractivity contribution is 6.30. The molecule has 2 heterocycles. The Kier molecular flexibility index (Phi) is 6.47. The first kappa shape index (κ1) is 18.7. The van der Waals surface area contributed by atoms with E-state index in [0.29, 0.717) is 10.7 Å². The lowest BCUT2D eigenvalue weighted by Crippen LogP contribution is -2.31. The maximum absolute atomic E-state index is 12.2. The molecule has 3 rings (SSSR count). The molecule has 2 aromatic rings. The maximum Gasteiger partial charge on any atom is 0.238 e. The van der Waals surface area contributed by atoms with Gasteiger partial charge in [0.2, 0.25) is 5.91 Å². The van der Waals surface area contributed by atoms with Crippen LogP contribution in [0.15, 0.2) is 42.6 Å². The number of anilines is 2. The fourth-order valence-electron chi connectivity index (χ4n) is 3.11. The van der Waals surface area contributed by atoms with Crippen LogP contribution in [0.2, 0.25) is 5.02 Å². The summed E-state index contributed by atoms with van der Waals surface area (Å²) in [5, 5.41) is 6.79. The van der Waals surface area contributed by atoms with Crippen LogP contribution in [0.25, 0.3) is 0 Å². The Balaban J connectivity index is 1.48. The molecule has 26 heavy (non-hydrogen) atoms. The van der Waals surface area contributed by atoms with E-state index >= 15 is 0 Å². The molecule has 138 valence electrons. The van der Waals surface area contributed by atoms with Crippen LogP contribution < -0.4 is 15.5 Å². The van der Waals surface area contributed by atoms with Crippen molar-refractivity contribution in [2.75, 3.05) is 29.9 Å². The molecular formula is C20H25ClN4O. The molecule has 1 atom stereocenters. The fraction of sp³-hybridized carbons (Fsp3) is 0.400. The summed E-state index contributed by atoms with van der Waals surface area (Å²) in [6.45, 7) is 4.35. The highest BCUT2D eigenvalue weighted by Gasteiger charge is 2.12. The number of hydrogen-bond donors (Lipinski definition) is 2. The van der Waals surface area contributed by atoms with E-state index in [1.54, 1.807) is 6.20 Å². The van der Waals surface area contributed by atoms with Crippen LogP contribution >= 0.6 is 11.6 Å². The molecule has 1 unspecified atom stereocenters. The Bertz CT molecular complexity index is 729. The minimum Gasteiger partial charge on any atom is -0.357 e. The molecule has 6 heteroatoms. The molecule has 1 aliphatic heterocycles. The summed E-state index contributed by atoms with van der Waals surface area (Å²) in [7, 11) is 0. The first-order chi connectivity index (χ1) is 12.6. The number of aromatic nitrogens is 1. The first-order valence-electron chi connectivity index (χ1n) is 9.11. The van der Waals surface area contributed by atoms with Crippen LogP contribution in [0.4, 0.5) is 11.5 Å². The van der Waals surface area contributed by atoms with E-state index < -0.39 is 0 Å².